The van der Waals surface area contributed by atoms with E-state index in [1.54, 1.807) is 6.92 Å². The highest BCUT2D eigenvalue weighted by molar-refractivity contribution is 7.71. The molecule has 1 aromatic heterocycles. The van der Waals surface area contributed by atoms with Crippen LogP contribution in [0.5, 0.6) is 0 Å². The predicted octanol–water partition coefficient (Wildman–Crippen LogP) is -0.918. The van der Waals surface area contributed by atoms with Gasteiger partial charge in [0.05, 0.1) is 6.61 Å². The molecule has 1 aliphatic rings. The molecule has 2 heterocycles. The summed E-state index contributed by atoms with van der Waals surface area (Å²) in [6.07, 6.45) is -1.88. The Morgan fingerprint density at radius 1 is 1.58 bits per heavy atom. The molecule has 4 atom stereocenters. The molecule has 2 rings (SSSR count). The number of aromatic nitrogens is 2. The lowest BCUT2D eigenvalue weighted by atomic mass is 10.00. The number of H-pyrrole nitrogens is 1. The summed E-state index contributed by atoms with van der Waals surface area (Å²) in [6, 6.07) is 1.49. The number of aromatic amines is 1. The van der Waals surface area contributed by atoms with E-state index in [1.165, 1.54) is 12.3 Å². The van der Waals surface area contributed by atoms with E-state index < -0.39 is 36.3 Å². The zero-order valence-electron chi connectivity index (χ0n) is 10.3. The van der Waals surface area contributed by atoms with Crippen LogP contribution < -0.4 is 5.69 Å². The standard InChI is InChI=1S/C11H16N2O5S/c1-2-11(9(16)8(15)6(5-14)18-11)13-4-3-7(19)12-10(13)17/h3-4,6,8-9,14-16H,2,5H2,1H3,(H,12,17,19)/t6-,8-,9-,11-/m1/s1. The first-order valence-corrected chi connectivity index (χ1v) is 6.34. The minimum absolute atomic E-state index is 0.242. The van der Waals surface area contributed by atoms with E-state index in [-0.39, 0.29) is 11.1 Å². The van der Waals surface area contributed by atoms with Crippen LogP contribution in [0.25, 0.3) is 0 Å². The Labute approximate surface area is 114 Å². The number of ether oxygens (including phenoxy) is 1. The molecule has 0 spiro atoms. The van der Waals surface area contributed by atoms with E-state index in [9.17, 15) is 15.0 Å². The van der Waals surface area contributed by atoms with Crippen molar-refractivity contribution in [1.29, 1.82) is 0 Å². The molecule has 8 heteroatoms. The highest BCUT2D eigenvalue weighted by atomic mass is 32.1. The predicted molar refractivity (Wildman–Crippen MR) is 68.1 cm³/mol. The molecule has 106 valence electrons. The molecule has 0 radical (unpaired) electrons. The molecule has 0 unspecified atom stereocenters. The van der Waals surface area contributed by atoms with E-state index in [4.69, 9.17) is 22.1 Å². The van der Waals surface area contributed by atoms with E-state index in [0.29, 0.717) is 0 Å². The summed E-state index contributed by atoms with van der Waals surface area (Å²) in [5, 5.41) is 29.2. The van der Waals surface area contributed by atoms with Crippen LogP contribution in [0.15, 0.2) is 17.1 Å². The SMILES string of the molecule is CC[C@@]1(n2ccc(=S)[nH]c2=O)O[C@H](CO)[C@@H](O)[C@H]1O. The number of hydrogen-bond acceptors (Lipinski definition) is 6. The van der Waals surface area contributed by atoms with Crippen molar-refractivity contribution < 1.29 is 20.1 Å². The van der Waals surface area contributed by atoms with Gasteiger partial charge in [-0.05, 0) is 12.5 Å². The van der Waals surface area contributed by atoms with Crippen LogP contribution in [0.2, 0.25) is 0 Å². The van der Waals surface area contributed by atoms with Crippen molar-refractivity contribution in [3.8, 4) is 0 Å². The monoisotopic (exact) mass is 288 g/mol. The Kier molecular flexibility index (Phi) is 3.88. The van der Waals surface area contributed by atoms with Crippen LogP contribution in [0, 0.1) is 4.64 Å². The molecular weight excluding hydrogens is 272 g/mol. The third-order valence-electron chi connectivity index (χ3n) is 3.44. The van der Waals surface area contributed by atoms with Gasteiger partial charge in [-0.2, -0.15) is 0 Å². The summed E-state index contributed by atoms with van der Waals surface area (Å²) in [5.74, 6) is 0. The minimum Gasteiger partial charge on any atom is -0.394 e. The molecule has 19 heavy (non-hydrogen) atoms. The van der Waals surface area contributed by atoms with Gasteiger partial charge in [-0.3, -0.25) is 9.55 Å². The Balaban J connectivity index is 2.55. The molecule has 0 bridgehead atoms. The second-order valence-corrected chi connectivity index (χ2v) is 4.89. The largest absolute Gasteiger partial charge is 0.394 e. The fourth-order valence-corrected chi connectivity index (χ4v) is 2.54. The molecule has 1 aliphatic heterocycles. The number of aliphatic hydroxyl groups excluding tert-OH is 3. The van der Waals surface area contributed by atoms with E-state index in [1.807, 2.05) is 0 Å². The summed E-state index contributed by atoms with van der Waals surface area (Å²) in [5.41, 5.74) is -1.96. The summed E-state index contributed by atoms with van der Waals surface area (Å²) in [4.78, 5) is 14.4. The fraction of sp³-hybridized carbons (Fsp3) is 0.636. The third kappa shape index (κ3) is 2.15. The quantitative estimate of drug-likeness (QED) is 0.536. The molecule has 0 amide bonds. The molecular formula is C11H16N2O5S. The van der Waals surface area contributed by atoms with Gasteiger partial charge in [0.25, 0.3) is 0 Å². The van der Waals surface area contributed by atoms with Gasteiger partial charge in [0.2, 0.25) is 0 Å². The molecule has 0 aromatic carbocycles. The Hall–Kier alpha value is -1.06. The van der Waals surface area contributed by atoms with Crippen molar-refractivity contribution in [2.45, 2.75) is 37.4 Å². The van der Waals surface area contributed by atoms with Gasteiger partial charge in [0.15, 0.2) is 5.72 Å². The van der Waals surface area contributed by atoms with Crippen LogP contribution in [-0.2, 0) is 10.5 Å². The number of aliphatic hydroxyl groups is 3. The van der Waals surface area contributed by atoms with Crippen LogP contribution >= 0.6 is 12.2 Å². The van der Waals surface area contributed by atoms with Gasteiger partial charge in [-0.15, -0.1) is 0 Å². The fourth-order valence-electron chi connectivity index (χ4n) is 2.39. The lowest BCUT2D eigenvalue weighted by Gasteiger charge is -2.32. The Morgan fingerprint density at radius 2 is 2.26 bits per heavy atom. The highest BCUT2D eigenvalue weighted by Gasteiger charge is 2.54. The Morgan fingerprint density at radius 3 is 2.74 bits per heavy atom. The average molecular weight is 288 g/mol. The maximum Gasteiger partial charge on any atom is 0.328 e. The molecule has 0 aliphatic carbocycles. The summed E-state index contributed by atoms with van der Waals surface area (Å²) < 4.78 is 6.96. The lowest BCUT2D eigenvalue weighted by Crippen LogP contribution is -2.50. The van der Waals surface area contributed by atoms with E-state index >= 15 is 0 Å². The maximum absolute atomic E-state index is 11.9. The Bertz CT molecular complexity index is 571. The molecule has 7 nitrogen and oxygen atoms in total. The second kappa shape index (κ2) is 5.14. The van der Waals surface area contributed by atoms with Crippen LogP contribution in [0.4, 0.5) is 0 Å². The normalized spacial score (nSPS) is 34.6. The summed E-state index contributed by atoms with van der Waals surface area (Å²) >= 11 is 4.84. The first-order valence-electron chi connectivity index (χ1n) is 5.93. The van der Waals surface area contributed by atoms with Gasteiger partial charge in [0.1, 0.15) is 23.0 Å². The van der Waals surface area contributed by atoms with Crippen molar-refractivity contribution in [3.05, 3.63) is 27.4 Å². The van der Waals surface area contributed by atoms with Gasteiger partial charge in [0, 0.05) is 6.20 Å². The topological polar surface area (TPSA) is 108 Å². The smallest absolute Gasteiger partial charge is 0.328 e. The zero-order valence-corrected chi connectivity index (χ0v) is 11.1. The highest BCUT2D eigenvalue weighted by Crippen LogP contribution is 2.37. The molecule has 1 aromatic rings. The lowest BCUT2D eigenvalue weighted by molar-refractivity contribution is -0.152. The van der Waals surface area contributed by atoms with Crippen molar-refractivity contribution in [1.82, 2.24) is 9.55 Å². The van der Waals surface area contributed by atoms with Crippen LogP contribution in [0.3, 0.4) is 0 Å². The van der Waals surface area contributed by atoms with E-state index in [2.05, 4.69) is 4.98 Å². The molecule has 0 saturated carbocycles. The summed E-state index contributed by atoms with van der Waals surface area (Å²) in [7, 11) is 0. The molecule has 1 saturated heterocycles. The third-order valence-corrected chi connectivity index (χ3v) is 3.68. The van der Waals surface area contributed by atoms with E-state index in [0.717, 1.165) is 4.57 Å². The first-order chi connectivity index (χ1) is 8.96. The number of nitrogens with zero attached hydrogens (tertiary/aromatic N) is 1. The number of rotatable bonds is 3. The maximum atomic E-state index is 11.9. The average Bonchev–Trinajstić information content (AvgIpc) is 2.64. The van der Waals surface area contributed by atoms with Gasteiger partial charge in [-0.25, -0.2) is 4.79 Å². The second-order valence-electron chi connectivity index (χ2n) is 4.45. The first kappa shape index (κ1) is 14.4. The molecule has 4 N–H and O–H groups in total. The van der Waals surface area contributed by atoms with Crippen molar-refractivity contribution in [3.63, 3.8) is 0 Å². The minimum atomic E-state index is -1.41. The zero-order chi connectivity index (χ0) is 14.2. The van der Waals surface area contributed by atoms with Gasteiger partial charge in [-0.1, -0.05) is 19.1 Å². The molecule has 1 fully saturated rings. The van der Waals surface area contributed by atoms with Crippen LogP contribution in [-0.4, -0.2) is 49.8 Å². The summed E-state index contributed by atoms with van der Waals surface area (Å²) in [6.45, 7) is 1.27. The van der Waals surface area contributed by atoms with Crippen molar-refractivity contribution in [2.24, 2.45) is 0 Å². The number of nitrogens with one attached hydrogen (secondary N) is 1. The van der Waals surface area contributed by atoms with Crippen LogP contribution in [0.1, 0.15) is 13.3 Å². The van der Waals surface area contributed by atoms with Gasteiger partial charge >= 0.3 is 5.69 Å². The number of hydrogen-bond donors (Lipinski definition) is 4. The van der Waals surface area contributed by atoms with Crippen molar-refractivity contribution >= 4 is 12.2 Å². The van der Waals surface area contributed by atoms with Crippen molar-refractivity contribution in [2.75, 3.05) is 6.61 Å². The van der Waals surface area contributed by atoms with Gasteiger partial charge < -0.3 is 20.1 Å².